The van der Waals surface area contributed by atoms with Gasteiger partial charge in [0.2, 0.25) is 5.89 Å². The van der Waals surface area contributed by atoms with Gasteiger partial charge in [-0.15, -0.1) is 0 Å². The quantitative estimate of drug-likeness (QED) is 0.457. The number of ketones is 1. The molecule has 1 aromatic heterocycles. The summed E-state index contributed by atoms with van der Waals surface area (Å²) >= 11 is 0.864. The Morgan fingerprint density at radius 1 is 1.10 bits per heavy atom. The Hall–Kier alpha value is -3.45. The highest BCUT2D eigenvalue weighted by molar-refractivity contribution is 8.18. The zero-order valence-corrected chi connectivity index (χ0v) is 17.0. The Labute approximate surface area is 177 Å². The maximum atomic E-state index is 12.5. The zero-order valence-electron chi connectivity index (χ0n) is 16.2. The molecular formula is C23H18N2O4S. The average Bonchev–Trinajstić information content (AvgIpc) is 3.33. The van der Waals surface area contributed by atoms with E-state index in [1.807, 2.05) is 31.2 Å². The summed E-state index contributed by atoms with van der Waals surface area (Å²) in [7, 11) is 0. The minimum atomic E-state index is -0.400. The first-order valence-corrected chi connectivity index (χ1v) is 10.2. The van der Waals surface area contributed by atoms with E-state index in [9.17, 15) is 14.4 Å². The molecule has 0 aliphatic carbocycles. The first-order valence-electron chi connectivity index (χ1n) is 9.37. The number of imide groups is 1. The Kier molecular flexibility index (Phi) is 5.63. The number of nitrogens with one attached hydrogen (secondary N) is 1. The Morgan fingerprint density at radius 3 is 2.50 bits per heavy atom. The van der Waals surface area contributed by atoms with Gasteiger partial charge in [-0.2, -0.15) is 0 Å². The van der Waals surface area contributed by atoms with Gasteiger partial charge in [0.1, 0.15) is 6.26 Å². The third-order valence-corrected chi connectivity index (χ3v) is 5.44. The van der Waals surface area contributed by atoms with Gasteiger partial charge in [0, 0.05) is 24.0 Å². The van der Waals surface area contributed by atoms with Crippen molar-refractivity contribution in [1.29, 1.82) is 0 Å². The van der Waals surface area contributed by atoms with E-state index in [1.54, 1.807) is 36.6 Å². The van der Waals surface area contributed by atoms with Crippen molar-refractivity contribution >= 4 is 34.8 Å². The van der Waals surface area contributed by atoms with Gasteiger partial charge in [-0.3, -0.25) is 19.7 Å². The molecule has 0 unspecified atom stereocenters. The van der Waals surface area contributed by atoms with Crippen LogP contribution in [0.5, 0.6) is 0 Å². The maximum absolute atomic E-state index is 12.5. The van der Waals surface area contributed by atoms with Crippen LogP contribution >= 0.6 is 11.8 Å². The van der Waals surface area contributed by atoms with Gasteiger partial charge in [-0.25, -0.2) is 4.98 Å². The molecule has 1 saturated heterocycles. The van der Waals surface area contributed by atoms with E-state index in [2.05, 4.69) is 10.3 Å². The summed E-state index contributed by atoms with van der Waals surface area (Å²) in [6.45, 7) is 2.02. The number of benzene rings is 2. The molecule has 1 N–H and O–H groups in total. The standard InChI is InChI=1S/C23H18N2O4S/c1-14-2-6-17(7-3-14)22-24-18(13-29-22)10-11-19(26)16-8-4-15(5-9-16)12-20-21(27)25-23(28)30-20/h2-9,12-13H,10-11H2,1H3,(H,25,27,28)/b20-12+. The lowest BCUT2D eigenvalue weighted by Gasteiger charge is -2.01. The number of amides is 2. The lowest BCUT2D eigenvalue weighted by molar-refractivity contribution is -0.115. The number of Topliss-reactive ketones (excluding diaryl/α,β-unsaturated/α-hetero) is 1. The second-order valence-corrected chi connectivity index (χ2v) is 7.92. The SMILES string of the molecule is Cc1ccc(-c2nc(CCC(=O)c3ccc(/C=C4/SC(=O)NC4=O)cc3)co2)cc1. The molecule has 30 heavy (non-hydrogen) atoms. The number of carbonyl (C=O) groups excluding carboxylic acids is 3. The molecule has 1 aliphatic heterocycles. The van der Waals surface area contributed by atoms with Crippen molar-refractivity contribution in [2.75, 3.05) is 0 Å². The number of thioether (sulfide) groups is 1. The molecule has 2 amide bonds. The van der Waals surface area contributed by atoms with E-state index in [0.717, 1.165) is 34.1 Å². The molecule has 7 heteroatoms. The molecule has 6 nitrogen and oxygen atoms in total. The molecule has 150 valence electrons. The lowest BCUT2D eigenvalue weighted by Crippen LogP contribution is -2.17. The summed E-state index contributed by atoms with van der Waals surface area (Å²) in [6, 6.07) is 14.8. The van der Waals surface area contributed by atoms with Crippen LogP contribution in [0.15, 0.2) is 64.1 Å². The molecule has 1 fully saturated rings. The van der Waals surface area contributed by atoms with Gasteiger partial charge in [-0.1, -0.05) is 42.0 Å². The Morgan fingerprint density at radius 2 is 1.83 bits per heavy atom. The smallest absolute Gasteiger partial charge is 0.290 e. The van der Waals surface area contributed by atoms with Crippen LogP contribution in [0.4, 0.5) is 4.79 Å². The van der Waals surface area contributed by atoms with Crippen LogP contribution in [0.1, 0.15) is 33.6 Å². The number of nitrogens with zero attached hydrogens (tertiary/aromatic N) is 1. The second-order valence-electron chi connectivity index (χ2n) is 6.91. The molecule has 2 aromatic carbocycles. The van der Waals surface area contributed by atoms with E-state index in [-0.39, 0.29) is 11.0 Å². The van der Waals surface area contributed by atoms with Crippen molar-refractivity contribution in [2.24, 2.45) is 0 Å². The van der Waals surface area contributed by atoms with Crippen LogP contribution in [0.3, 0.4) is 0 Å². The normalized spacial score (nSPS) is 14.9. The van der Waals surface area contributed by atoms with Gasteiger partial charge < -0.3 is 4.42 Å². The fraction of sp³-hybridized carbons (Fsp3) is 0.130. The summed E-state index contributed by atoms with van der Waals surface area (Å²) in [5.74, 6) is 0.141. The number of oxazole rings is 1. The van der Waals surface area contributed by atoms with Gasteiger partial charge in [-0.05, 0) is 42.5 Å². The summed E-state index contributed by atoms with van der Waals surface area (Å²) in [6.07, 6.45) is 4.01. The monoisotopic (exact) mass is 418 g/mol. The molecular weight excluding hydrogens is 400 g/mol. The number of rotatable bonds is 6. The highest BCUT2D eigenvalue weighted by Crippen LogP contribution is 2.25. The molecule has 1 aliphatic rings. The molecule has 4 rings (SSSR count). The molecule has 0 radical (unpaired) electrons. The summed E-state index contributed by atoms with van der Waals surface area (Å²) < 4.78 is 5.54. The van der Waals surface area contributed by atoms with E-state index in [0.29, 0.717) is 29.2 Å². The second kappa shape index (κ2) is 8.51. The largest absolute Gasteiger partial charge is 0.444 e. The first kappa shape index (κ1) is 19.8. The van der Waals surface area contributed by atoms with Crippen LogP contribution in [-0.2, 0) is 11.2 Å². The number of hydrogen-bond donors (Lipinski definition) is 1. The molecule has 0 bridgehead atoms. The average molecular weight is 418 g/mol. The Balaban J connectivity index is 1.36. The molecule has 3 aromatic rings. The van der Waals surface area contributed by atoms with Crippen molar-refractivity contribution in [1.82, 2.24) is 10.3 Å². The van der Waals surface area contributed by atoms with E-state index in [4.69, 9.17) is 4.42 Å². The predicted octanol–water partition coefficient (Wildman–Crippen LogP) is 4.79. The predicted molar refractivity (Wildman–Crippen MR) is 115 cm³/mol. The zero-order chi connectivity index (χ0) is 21.1. The molecule has 0 spiro atoms. The van der Waals surface area contributed by atoms with Crippen molar-refractivity contribution in [2.45, 2.75) is 19.8 Å². The number of aromatic nitrogens is 1. The maximum Gasteiger partial charge on any atom is 0.290 e. The van der Waals surface area contributed by atoms with E-state index in [1.165, 1.54) is 0 Å². The highest BCUT2D eigenvalue weighted by atomic mass is 32.2. The van der Waals surface area contributed by atoms with Gasteiger partial charge >= 0.3 is 0 Å². The minimum Gasteiger partial charge on any atom is -0.444 e. The van der Waals surface area contributed by atoms with E-state index >= 15 is 0 Å². The first-order chi connectivity index (χ1) is 14.5. The molecule has 0 atom stereocenters. The fourth-order valence-electron chi connectivity index (χ4n) is 2.97. The summed E-state index contributed by atoms with van der Waals surface area (Å²) in [4.78, 5) is 40.1. The minimum absolute atomic E-state index is 0.00255. The summed E-state index contributed by atoms with van der Waals surface area (Å²) in [5.41, 5.74) is 4.13. The lowest BCUT2D eigenvalue weighted by atomic mass is 10.0. The van der Waals surface area contributed by atoms with E-state index < -0.39 is 5.91 Å². The fourth-order valence-corrected chi connectivity index (χ4v) is 3.66. The van der Waals surface area contributed by atoms with Crippen LogP contribution in [0.25, 0.3) is 17.5 Å². The van der Waals surface area contributed by atoms with Gasteiger partial charge in [0.25, 0.3) is 11.1 Å². The molecule has 0 saturated carbocycles. The topological polar surface area (TPSA) is 89.3 Å². The third kappa shape index (κ3) is 4.58. The number of hydrogen-bond acceptors (Lipinski definition) is 6. The van der Waals surface area contributed by atoms with Crippen molar-refractivity contribution in [3.05, 3.63) is 82.1 Å². The van der Waals surface area contributed by atoms with Gasteiger partial charge in [0.15, 0.2) is 5.78 Å². The van der Waals surface area contributed by atoms with Crippen LogP contribution in [0, 0.1) is 6.92 Å². The van der Waals surface area contributed by atoms with Crippen molar-refractivity contribution < 1.29 is 18.8 Å². The van der Waals surface area contributed by atoms with Crippen LogP contribution in [-0.4, -0.2) is 21.9 Å². The van der Waals surface area contributed by atoms with Crippen LogP contribution < -0.4 is 5.32 Å². The van der Waals surface area contributed by atoms with Crippen molar-refractivity contribution in [3.63, 3.8) is 0 Å². The van der Waals surface area contributed by atoms with Crippen molar-refractivity contribution in [3.8, 4) is 11.5 Å². The third-order valence-electron chi connectivity index (χ3n) is 4.63. The Bertz CT molecular complexity index is 1140. The van der Waals surface area contributed by atoms with Gasteiger partial charge in [0.05, 0.1) is 10.6 Å². The highest BCUT2D eigenvalue weighted by Gasteiger charge is 2.24. The van der Waals surface area contributed by atoms with Crippen LogP contribution in [0.2, 0.25) is 0 Å². The number of carbonyl (C=O) groups is 3. The summed E-state index contributed by atoms with van der Waals surface area (Å²) in [5, 5.41) is 1.83. The molecule has 2 heterocycles. The number of aryl methyl sites for hydroxylation is 2.